The quantitative estimate of drug-likeness (QED) is 0.543. The van der Waals surface area contributed by atoms with Crippen LogP contribution in [0.1, 0.15) is 5.56 Å². The summed E-state index contributed by atoms with van der Waals surface area (Å²) >= 11 is 1.43. The molecule has 3 aromatic rings. The predicted octanol–water partition coefficient (Wildman–Crippen LogP) is 1.96. The second-order valence-electron chi connectivity index (χ2n) is 3.74. The lowest BCUT2D eigenvalue weighted by atomic mass is 10.2. The second kappa shape index (κ2) is 4.59. The smallest absolute Gasteiger partial charge is 0.181 e. The number of benzene rings is 1. The number of hydrogen-bond acceptors (Lipinski definition) is 6. The lowest BCUT2D eigenvalue weighted by Crippen LogP contribution is -1.90. The van der Waals surface area contributed by atoms with Crippen molar-refractivity contribution >= 4 is 28.6 Å². The summed E-state index contributed by atoms with van der Waals surface area (Å²) in [7, 11) is 0. The lowest BCUT2D eigenvalue weighted by Gasteiger charge is -2.03. The third kappa shape index (κ3) is 2.09. The lowest BCUT2D eigenvalue weighted by molar-refractivity contribution is 1.08. The first-order valence-electron chi connectivity index (χ1n) is 5.39. The molecular formula is C12H8N6S. The number of nitrogen functional groups attached to an aromatic ring is 1. The Balaban J connectivity index is 2.02. The number of aromatic amines is 1. The number of anilines is 1. The van der Waals surface area contributed by atoms with Gasteiger partial charge in [0.05, 0.1) is 11.9 Å². The Kier molecular flexibility index (Phi) is 2.78. The van der Waals surface area contributed by atoms with Crippen LogP contribution >= 0.6 is 11.8 Å². The second-order valence-corrected chi connectivity index (χ2v) is 4.81. The number of nitriles is 1. The van der Waals surface area contributed by atoms with E-state index in [2.05, 4.69) is 26.0 Å². The van der Waals surface area contributed by atoms with E-state index in [-0.39, 0.29) is 0 Å². The van der Waals surface area contributed by atoms with E-state index in [1.807, 2.05) is 6.07 Å². The molecule has 0 radical (unpaired) electrons. The zero-order valence-corrected chi connectivity index (χ0v) is 10.5. The Morgan fingerprint density at radius 2 is 2.16 bits per heavy atom. The molecule has 0 saturated heterocycles. The van der Waals surface area contributed by atoms with Crippen molar-refractivity contribution in [3.63, 3.8) is 0 Å². The Bertz CT molecular complexity index is 788. The summed E-state index contributed by atoms with van der Waals surface area (Å²) in [6.45, 7) is 0. The summed E-state index contributed by atoms with van der Waals surface area (Å²) in [5.74, 6) is 0. The molecule has 2 heterocycles. The predicted molar refractivity (Wildman–Crippen MR) is 71.4 cm³/mol. The summed E-state index contributed by atoms with van der Waals surface area (Å²) in [5.41, 5.74) is 8.02. The number of H-pyrrole nitrogens is 1. The number of rotatable bonds is 2. The van der Waals surface area contributed by atoms with Crippen molar-refractivity contribution in [2.45, 2.75) is 9.92 Å². The van der Waals surface area contributed by atoms with Crippen molar-refractivity contribution in [1.82, 2.24) is 19.9 Å². The molecule has 19 heavy (non-hydrogen) atoms. The van der Waals surface area contributed by atoms with Gasteiger partial charge < -0.3 is 10.7 Å². The van der Waals surface area contributed by atoms with Gasteiger partial charge >= 0.3 is 0 Å². The number of imidazole rings is 1. The Labute approximate surface area is 112 Å². The zero-order chi connectivity index (χ0) is 13.2. The Morgan fingerprint density at radius 3 is 3.00 bits per heavy atom. The van der Waals surface area contributed by atoms with E-state index >= 15 is 0 Å². The first kappa shape index (κ1) is 11.5. The molecule has 0 aliphatic rings. The molecule has 0 fully saturated rings. The van der Waals surface area contributed by atoms with Crippen LogP contribution in [0.25, 0.3) is 11.2 Å². The van der Waals surface area contributed by atoms with Crippen molar-refractivity contribution in [1.29, 1.82) is 5.26 Å². The number of fused-ring (bicyclic) bond motifs is 1. The van der Waals surface area contributed by atoms with E-state index < -0.39 is 0 Å². The van der Waals surface area contributed by atoms with Crippen LogP contribution in [0.4, 0.5) is 5.69 Å². The topological polar surface area (TPSA) is 104 Å². The van der Waals surface area contributed by atoms with Crippen LogP contribution < -0.4 is 5.73 Å². The van der Waals surface area contributed by atoms with Gasteiger partial charge in [0.25, 0.3) is 0 Å². The summed E-state index contributed by atoms with van der Waals surface area (Å²) < 4.78 is 0. The van der Waals surface area contributed by atoms with Crippen LogP contribution in [-0.4, -0.2) is 19.9 Å². The average molecular weight is 268 g/mol. The molecule has 1 aromatic carbocycles. The van der Waals surface area contributed by atoms with E-state index in [4.69, 9.17) is 11.0 Å². The molecule has 6 nitrogen and oxygen atoms in total. The van der Waals surface area contributed by atoms with Gasteiger partial charge in [-0.05, 0) is 18.2 Å². The number of aromatic nitrogens is 4. The molecule has 3 rings (SSSR count). The van der Waals surface area contributed by atoms with Gasteiger partial charge in [-0.1, -0.05) is 11.8 Å². The van der Waals surface area contributed by atoms with Crippen LogP contribution in [0.15, 0.2) is 40.8 Å². The molecule has 3 N–H and O–H groups in total. The molecule has 0 aliphatic carbocycles. The third-order valence-corrected chi connectivity index (χ3v) is 3.54. The number of nitrogens with two attached hydrogens (primary N) is 1. The number of nitrogens with one attached hydrogen (secondary N) is 1. The van der Waals surface area contributed by atoms with Gasteiger partial charge in [-0.2, -0.15) is 5.26 Å². The van der Waals surface area contributed by atoms with E-state index in [1.54, 1.807) is 18.5 Å². The third-order valence-electron chi connectivity index (χ3n) is 2.55. The van der Waals surface area contributed by atoms with Crippen LogP contribution in [0.3, 0.4) is 0 Å². The van der Waals surface area contributed by atoms with E-state index in [0.29, 0.717) is 16.9 Å². The molecule has 7 heteroatoms. The average Bonchev–Trinajstić information content (AvgIpc) is 2.90. The molecular weight excluding hydrogens is 260 g/mol. The SMILES string of the molecule is N#Cc1cc(Sc2ncnc3nc[nH]c23)ccc1N. The van der Waals surface area contributed by atoms with Gasteiger partial charge in [-0.15, -0.1) is 0 Å². The van der Waals surface area contributed by atoms with Crippen LogP contribution in [0, 0.1) is 11.3 Å². The molecule has 0 aliphatic heterocycles. The van der Waals surface area contributed by atoms with Crippen molar-refractivity contribution in [3.8, 4) is 6.07 Å². The fourth-order valence-corrected chi connectivity index (χ4v) is 2.52. The highest BCUT2D eigenvalue weighted by Crippen LogP contribution is 2.31. The zero-order valence-electron chi connectivity index (χ0n) is 9.66. The number of nitrogens with zero attached hydrogens (tertiary/aromatic N) is 4. The Morgan fingerprint density at radius 1 is 1.26 bits per heavy atom. The maximum absolute atomic E-state index is 8.97. The largest absolute Gasteiger partial charge is 0.398 e. The van der Waals surface area contributed by atoms with Gasteiger partial charge in [0, 0.05) is 10.6 Å². The molecule has 0 atom stereocenters. The normalized spacial score (nSPS) is 10.5. The molecule has 2 aromatic heterocycles. The van der Waals surface area contributed by atoms with Gasteiger partial charge in [0.15, 0.2) is 5.65 Å². The monoisotopic (exact) mass is 268 g/mol. The Hall–Kier alpha value is -2.59. The summed E-state index contributed by atoms with van der Waals surface area (Å²) in [6.07, 6.45) is 3.04. The summed E-state index contributed by atoms with van der Waals surface area (Å²) in [4.78, 5) is 16.2. The highest BCUT2D eigenvalue weighted by atomic mass is 32.2. The van der Waals surface area contributed by atoms with Gasteiger partial charge in [0.1, 0.15) is 22.9 Å². The molecule has 0 spiro atoms. The molecule has 0 unspecified atom stereocenters. The first-order chi connectivity index (χ1) is 9.28. The highest BCUT2D eigenvalue weighted by Gasteiger charge is 2.08. The first-order valence-corrected chi connectivity index (χ1v) is 6.21. The van der Waals surface area contributed by atoms with Crippen LogP contribution in [0.5, 0.6) is 0 Å². The minimum atomic E-state index is 0.458. The standard InChI is InChI=1S/C12H8N6S/c13-4-7-3-8(1-2-9(7)14)19-12-10-11(16-5-15-10)17-6-18-12/h1-3,5-6H,14H2,(H,15,16,17,18). The molecule has 0 saturated carbocycles. The minimum Gasteiger partial charge on any atom is -0.398 e. The number of hydrogen-bond donors (Lipinski definition) is 2. The van der Waals surface area contributed by atoms with E-state index in [0.717, 1.165) is 15.4 Å². The maximum Gasteiger partial charge on any atom is 0.181 e. The highest BCUT2D eigenvalue weighted by molar-refractivity contribution is 7.99. The van der Waals surface area contributed by atoms with Crippen LogP contribution in [0.2, 0.25) is 0 Å². The molecule has 0 bridgehead atoms. The fraction of sp³-hybridized carbons (Fsp3) is 0. The molecule has 0 amide bonds. The van der Waals surface area contributed by atoms with Gasteiger partial charge in [0.2, 0.25) is 0 Å². The maximum atomic E-state index is 8.97. The van der Waals surface area contributed by atoms with Crippen molar-refractivity contribution in [2.75, 3.05) is 5.73 Å². The molecule has 92 valence electrons. The summed E-state index contributed by atoms with van der Waals surface area (Å²) in [5, 5.41) is 9.73. The fourth-order valence-electron chi connectivity index (χ4n) is 1.63. The van der Waals surface area contributed by atoms with Crippen molar-refractivity contribution < 1.29 is 0 Å². The van der Waals surface area contributed by atoms with Crippen molar-refractivity contribution in [2.24, 2.45) is 0 Å². The van der Waals surface area contributed by atoms with E-state index in [1.165, 1.54) is 18.1 Å². The van der Waals surface area contributed by atoms with Gasteiger partial charge in [-0.25, -0.2) is 15.0 Å². The summed E-state index contributed by atoms with van der Waals surface area (Å²) in [6, 6.07) is 7.37. The van der Waals surface area contributed by atoms with Crippen LogP contribution in [-0.2, 0) is 0 Å². The minimum absolute atomic E-state index is 0.458. The van der Waals surface area contributed by atoms with Crippen molar-refractivity contribution in [3.05, 3.63) is 36.4 Å². The van der Waals surface area contributed by atoms with Gasteiger partial charge in [-0.3, -0.25) is 0 Å². The van der Waals surface area contributed by atoms with E-state index in [9.17, 15) is 0 Å².